The minimum Gasteiger partial charge on any atom is -0.378 e. The molecular weight excluding hydrogens is 404 g/mol. The van der Waals surface area contributed by atoms with Gasteiger partial charge in [-0.1, -0.05) is 17.7 Å². The summed E-state index contributed by atoms with van der Waals surface area (Å²) in [5.41, 5.74) is 3.44. The van der Waals surface area contributed by atoms with Gasteiger partial charge in [0.1, 0.15) is 5.82 Å². The maximum Gasteiger partial charge on any atom is 0.255 e. The van der Waals surface area contributed by atoms with Crippen molar-refractivity contribution in [2.24, 2.45) is 0 Å². The summed E-state index contributed by atoms with van der Waals surface area (Å²) in [6.45, 7) is 6.73. The average molecular weight is 427 g/mol. The number of morpholine rings is 1. The summed E-state index contributed by atoms with van der Waals surface area (Å²) in [6, 6.07) is 7.57. The monoisotopic (exact) mass is 426 g/mol. The molecule has 1 aliphatic rings. The number of ether oxygens (including phenoxy) is 1. The molecule has 1 N–H and O–H groups in total. The second-order valence-electron chi connectivity index (χ2n) is 7.18. The topological polar surface area (TPSA) is 85.2 Å². The number of hydrogen-bond acceptors (Lipinski definition) is 6. The van der Waals surface area contributed by atoms with Gasteiger partial charge in [0.2, 0.25) is 0 Å². The van der Waals surface area contributed by atoms with E-state index in [9.17, 15) is 4.79 Å². The van der Waals surface area contributed by atoms with Crippen LogP contribution in [0.5, 0.6) is 0 Å². The van der Waals surface area contributed by atoms with Gasteiger partial charge in [0.05, 0.1) is 29.5 Å². The van der Waals surface area contributed by atoms with Crippen molar-refractivity contribution < 1.29 is 9.53 Å². The quantitative estimate of drug-likeness (QED) is 0.675. The third-order valence-corrected chi connectivity index (χ3v) is 5.17. The minimum absolute atomic E-state index is 0.0804. The molecule has 9 heteroatoms. The first-order valence-corrected chi connectivity index (χ1v) is 10.1. The Morgan fingerprint density at radius 3 is 2.60 bits per heavy atom. The lowest BCUT2D eigenvalue weighted by Crippen LogP contribution is -2.40. The van der Waals surface area contributed by atoms with E-state index in [1.54, 1.807) is 23.4 Å². The third-order valence-electron chi connectivity index (χ3n) is 4.88. The highest BCUT2D eigenvalue weighted by molar-refractivity contribution is 6.33. The summed E-state index contributed by atoms with van der Waals surface area (Å²) in [7, 11) is 0. The van der Waals surface area contributed by atoms with Gasteiger partial charge in [-0.15, -0.1) is 0 Å². The highest BCUT2D eigenvalue weighted by Gasteiger charge is 2.19. The SMILES string of the molecule is Cc1cc(C)n(-c2ccc(CNc3ncc(C(=O)N4CCOCC4)cc3Cl)cn2)n1. The lowest BCUT2D eigenvalue weighted by atomic mass is 10.2. The molecule has 1 aliphatic heterocycles. The van der Waals surface area contributed by atoms with Crippen LogP contribution in [0.15, 0.2) is 36.7 Å². The fourth-order valence-electron chi connectivity index (χ4n) is 3.33. The Hall–Kier alpha value is -2.97. The molecule has 156 valence electrons. The first-order valence-electron chi connectivity index (χ1n) is 9.76. The number of carbonyl (C=O) groups is 1. The van der Waals surface area contributed by atoms with Crippen molar-refractivity contribution in [3.05, 3.63) is 64.2 Å². The highest BCUT2D eigenvalue weighted by atomic mass is 35.5. The first kappa shape index (κ1) is 20.3. The Balaban J connectivity index is 1.40. The Morgan fingerprint density at radius 2 is 1.97 bits per heavy atom. The van der Waals surface area contributed by atoms with E-state index in [0.717, 1.165) is 22.8 Å². The molecule has 0 unspecified atom stereocenters. The maximum absolute atomic E-state index is 12.6. The van der Waals surface area contributed by atoms with Gasteiger partial charge in [-0.2, -0.15) is 5.10 Å². The molecular formula is C21H23ClN6O2. The fraction of sp³-hybridized carbons (Fsp3) is 0.333. The molecule has 3 aromatic heterocycles. The number of halogens is 1. The fourth-order valence-corrected chi connectivity index (χ4v) is 3.56. The predicted octanol–water partition coefficient (Wildman–Crippen LogP) is 3.02. The second kappa shape index (κ2) is 8.81. The van der Waals surface area contributed by atoms with Gasteiger partial charge in [0.25, 0.3) is 5.91 Å². The van der Waals surface area contributed by atoms with Crippen LogP contribution in [-0.2, 0) is 11.3 Å². The zero-order chi connectivity index (χ0) is 21.1. The van der Waals surface area contributed by atoms with Crippen LogP contribution < -0.4 is 5.32 Å². The summed E-state index contributed by atoms with van der Waals surface area (Å²) in [5, 5.41) is 8.05. The summed E-state index contributed by atoms with van der Waals surface area (Å²) < 4.78 is 7.10. The van der Waals surface area contributed by atoms with Crippen molar-refractivity contribution in [1.29, 1.82) is 0 Å². The molecule has 8 nitrogen and oxygen atoms in total. The van der Waals surface area contributed by atoms with Crippen molar-refractivity contribution in [2.75, 3.05) is 31.6 Å². The Morgan fingerprint density at radius 1 is 1.17 bits per heavy atom. The highest BCUT2D eigenvalue weighted by Crippen LogP contribution is 2.22. The number of rotatable bonds is 5. The lowest BCUT2D eigenvalue weighted by molar-refractivity contribution is 0.0302. The summed E-state index contributed by atoms with van der Waals surface area (Å²) in [4.78, 5) is 23.1. The summed E-state index contributed by atoms with van der Waals surface area (Å²) >= 11 is 6.36. The molecule has 30 heavy (non-hydrogen) atoms. The van der Waals surface area contributed by atoms with Crippen LogP contribution in [0.2, 0.25) is 5.02 Å². The number of anilines is 1. The van der Waals surface area contributed by atoms with E-state index in [0.29, 0.717) is 49.3 Å². The van der Waals surface area contributed by atoms with Gasteiger partial charge in [0.15, 0.2) is 5.82 Å². The van der Waals surface area contributed by atoms with Gasteiger partial charge in [0, 0.05) is 37.7 Å². The number of carbonyl (C=O) groups excluding carboxylic acids is 1. The van der Waals surface area contributed by atoms with Crippen LogP contribution in [0.4, 0.5) is 5.82 Å². The lowest BCUT2D eigenvalue weighted by Gasteiger charge is -2.26. The number of nitrogens with one attached hydrogen (secondary N) is 1. The van der Waals surface area contributed by atoms with Crippen molar-refractivity contribution >= 4 is 23.3 Å². The number of aryl methyl sites for hydroxylation is 2. The first-order chi connectivity index (χ1) is 14.5. The molecule has 0 bridgehead atoms. The molecule has 0 saturated carbocycles. The summed E-state index contributed by atoms with van der Waals surface area (Å²) in [6.07, 6.45) is 3.35. The molecule has 0 aliphatic carbocycles. The molecule has 1 amide bonds. The van der Waals surface area contributed by atoms with Crippen LogP contribution in [-0.4, -0.2) is 56.9 Å². The third kappa shape index (κ3) is 4.44. The van der Waals surface area contributed by atoms with Crippen molar-refractivity contribution in [2.45, 2.75) is 20.4 Å². The van der Waals surface area contributed by atoms with Gasteiger partial charge in [-0.05, 0) is 37.6 Å². The van der Waals surface area contributed by atoms with E-state index in [1.807, 2.05) is 36.7 Å². The van der Waals surface area contributed by atoms with Crippen LogP contribution in [0.3, 0.4) is 0 Å². The average Bonchev–Trinajstić information content (AvgIpc) is 3.11. The van der Waals surface area contributed by atoms with E-state index in [1.165, 1.54) is 0 Å². The van der Waals surface area contributed by atoms with E-state index in [2.05, 4.69) is 20.4 Å². The number of nitrogens with zero attached hydrogens (tertiary/aromatic N) is 5. The second-order valence-corrected chi connectivity index (χ2v) is 7.58. The van der Waals surface area contributed by atoms with E-state index >= 15 is 0 Å². The molecule has 1 saturated heterocycles. The number of aromatic nitrogens is 4. The zero-order valence-corrected chi connectivity index (χ0v) is 17.7. The normalized spacial score (nSPS) is 14.0. The molecule has 0 atom stereocenters. The molecule has 0 radical (unpaired) electrons. The Kier molecular flexibility index (Phi) is 5.96. The molecule has 0 spiro atoms. The summed E-state index contributed by atoms with van der Waals surface area (Å²) in [5.74, 6) is 1.22. The Labute approximate surface area is 179 Å². The number of hydrogen-bond donors (Lipinski definition) is 1. The predicted molar refractivity (Wildman–Crippen MR) is 114 cm³/mol. The molecule has 4 rings (SSSR count). The van der Waals surface area contributed by atoms with Gasteiger partial charge in [-0.25, -0.2) is 14.6 Å². The van der Waals surface area contributed by atoms with Crippen LogP contribution in [0.25, 0.3) is 5.82 Å². The maximum atomic E-state index is 12.6. The number of amides is 1. The molecule has 3 aromatic rings. The number of pyridine rings is 2. The zero-order valence-electron chi connectivity index (χ0n) is 16.9. The van der Waals surface area contributed by atoms with Crippen molar-refractivity contribution in [1.82, 2.24) is 24.6 Å². The standard InChI is InChI=1S/C21H23ClN6O2/c1-14-9-15(2)28(26-14)19-4-3-16(11-23-19)12-24-20-18(22)10-17(13-25-20)21(29)27-5-7-30-8-6-27/h3-4,9-11,13H,5-8,12H2,1-2H3,(H,24,25). The minimum atomic E-state index is -0.0804. The van der Waals surface area contributed by atoms with Crippen molar-refractivity contribution in [3.8, 4) is 5.82 Å². The smallest absolute Gasteiger partial charge is 0.255 e. The van der Waals surface area contributed by atoms with E-state index in [4.69, 9.17) is 16.3 Å². The largest absolute Gasteiger partial charge is 0.378 e. The van der Waals surface area contributed by atoms with Gasteiger partial charge < -0.3 is 15.0 Å². The van der Waals surface area contributed by atoms with Gasteiger partial charge in [-0.3, -0.25) is 4.79 Å². The van der Waals surface area contributed by atoms with Crippen LogP contribution >= 0.6 is 11.6 Å². The van der Waals surface area contributed by atoms with Crippen molar-refractivity contribution in [3.63, 3.8) is 0 Å². The molecule has 1 fully saturated rings. The van der Waals surface area contributed by atoms with E-state index in [-0.39, 0.29) is 5.91 Å². The van der Waals surface area contributed by atoms with E-state index < -0.39 is 0 Å². The molecule has 0 aromatic carbocycles. The van der Waals surface area contributed by atoms with Gasteiger partial charge >= 0.3 is 0 Å². The Bertz CT molecular complexity index is 1040. The van der Waals surface area contributed by atoms with Crippen LogP contribution in [0.1, 0.15) is 27.3 Å². The van der Waals surface area contributed by atoms with Crippen LogP contribution in [0, 0.1) is 13.8 Å². The molecule has 4 heterocycles.